The SMILES string of the molecule is Cc1cccc(OCCC(=O)NCC2CCCC2CCl)c1. The van der Waals surface area contributed by atoms with Crippen LogP contribution in [0.1, 0.15) is 31.2 Å². The molecular weight excluding hydrogens is 286 g/mol. The van der Waals surface area contributed by atoms with Crippen LogP contribution in [-0.2, 0) is 4.79 Å². The van der Waals surface area contributed by atoms with Crippen molar-refractivity contribution in [1.29, 1.82) is 0 Å². The Morgan fingerprint density at radius 1 is 1.38 bits per heavy atom. The molecule has 1 N–H and O–H groups in total. The molecule has 1 fully saturated rings. The average Bonchev–Trinajstić information content (AvgIpc) is 2.92. The standard InChI is InChI=1S/C17H24ClNO2/c1-13-4-2-7-16(10-13)21-9-8-17(20)19-12-15-6-3-5-14(15)11-18/h2,4,7,10,14-15H,3,5-6,8-9,11-12H2,1H3,(H,19,20). The van der Waals surface area contributed by atoms with Crippen molar-refractivity contribution in [2.75, 3.05) is 19.0 Å². The van der Waals surface area contributed by atoms with Gasteiger partial charge in [-0.2, -0.15) is 0 Å². The fourth-order valence-corrected chi connectivity index (χ4v) is 3.29. The lowest BCUT2D eigenvalue weighted by Gasteiger charge is -2.17. The molecule has 1 aliphatic rings. The number of benzene rings is 1. The van der Waals surface area contributed by atoms with Crippen LogP contribution in [-0.4, -0.2) is 24.9 Å². The van der Waals surface area contributed by atoms with Gasteiger partial charge in [0.1, 0.15) is 5.75 Å². The lowest BCUT2D eigenvalue weighted by atomic mass is 9.98. The Bertz CT molecular complexity index is 464. The van der Waals surface area contributed by atoms with Crippen LogP contribution < -0.4 is 10.1 Å². The van der Waals surface area contributed by atoms with E-state index in [4.69, 9.17) is 16.3 Å². The van der Waals surface area contributed by atoms with E-state index < -0.39 is 0 Å². The first kappa shape index (κ1) is 16.2. The molecule has 0 heterocycles. The third-order valence-corrected chi connectivity index (χ3v) is 4.56. The second kappa shape index (κ2) is 8.28. The van der Waals surface area contributed by atoms with Crippen molar-refractivity contribution in [3.05, 3.63) is 29.8 Å². The molecular formula is C17H24ClNO2. The lowest BCUT2D eigenvalue weighted by Crippen LogP contribution is -2.32. The Hall–Kier alpha value is -1.22. The monoisotopic (exact) mass is 309 g/mol. The normalized spacial score (nSPS) is 21.2. The number of ether oxygens (including phenoxy) is 1. The van der Waals surface area contributed by atoms with Crippen molar-refractivity contribution in [3.63, 3.8) is 0 Å². The number of carbonyl (C=O) groups is 1. The van der Waals surface area contributed by atoms with Gasteiger partial charge in [-0.1, -0.05) is 18.6 Å². The van der Waals surface area contributed by atoms with Crippen molar-refractivity contribution < 1.29 is 9.53 Å². The number of nitrogens with one attached hydrogen (secondary N) is 1. The molecule has 1 saturated carbocycles. The van der Waals surface area contributed by atoms with Crippen LogP contribution in [0.25, 0.3) is 0 Å². The van der Waals surface area contributed by atoms with E-state index in [1.54, 1.807) is 0 Å². The van der Waals surface area contributed by atoms with Gasteiger partial charge in [0.05, 0.1) is 13.0 Å². The van der Waals surface area contributed by atoms with Gasteiger partial charge in [-0.15, -0.1) is 11.6 Å². The molecule has 116 valence electrons. The van der Waals surface area contributed by atoms with Crippen LogP contribution in [0.15, 0.2) is 24.3 Å². The van der Waals surface area contributed by atoms with Gasteiger partial charge in [0.15, 0.2) is 0 Å². The molecule has 21 heavy (non-hydrogen) atoms. The van der Waals surface area contributed by atoms with Gasteiger partial charge in [0.25, 0.3) is 0 Å². The molecule has 1 aliphatic carbocycles. The molecule has 1 amide bonds. The minimum Gasteiger partial charge on any atom is -0.493 e. The molecule has 0 bridgehead atoms. The lowest BCUT2D eigenvalue weighted by molar-refractivity contribution is -0.121. The minimum absolute atomic E-state index is 0.0582. The Morgan fingerprint density at radius 2 is 2.19 bits per heavy atom. The molecule has 0 radical (unpaired) electrons. The molecule has 2 atom stereocenters. The zero-order valence-electron chi connectivity index (χ0n) is 12.6. The maximum atomic E-state index is 11.8. The van der Waals surface area contributed by atoms with Crippen LogP contribution >= 0.6 is 11.6 Å². The third-order valence-electron chi connectivity index (χ3n) is 4.16. The molecule has 1 aromatic carbocycles. The van der Waals surface area contributed by atoms with Crippen LogP contribution in [0, 0.1) is 18.8 Å². The van der Waals surface area contributed by atoms with E-state index in [0.29, 0.717) is 30.7 Å². The van der Waals surface area contributed by atoms with E-state index in [9.17, 15) is 4.79 Å². The number of hydrogen-bond donors (Lipinski definition) is 1. The highest BCUT2D eigenvalue weighted by Gasteiger charge is 2.26. The summed E-state index contributed by atoms with van der Waals surface area (Å²) >= 11 is 5.95. The van der Waals surface area contributed by atoms with Crippen molar-refractivity contribution >= 4 is 17.5 Å². The molecule has 0 spiro atoms. The van der Waals surface area contributed by atoms with E-state index in [-0.39, 0.29) is 5.91 Å². The van der Waals surface area contributed by atoms with Crippen LogP contribution in [0.2, 0.25) is 0 Å². The topological polar surface area (TPSA) is 38.3 Å². The quantitative estimate of drug-likeness (QED) is 0.782. The van der Waals surface area contributed by atoms with Crippen molar-refractivity contribution in [2.45, 2.75) is 32.6 Å². The Balaban J connectivity index is 1.63. The molecule has 0 aromatic heterocycles. The van der Waals surface area contributed by atoms with Crippen molar-refractivity contribution in [1.82, 2.24) is 5.32 Å². The summed E-state index contributed by atoms with van der Waals surface area (Å²) in [7, 11) is 0. The predicted octanol–water partition coefficient (Wildman–Crippen LogP) is 3.54. The summed E-state index contributed by atoms with van der Waals surface area (Å²) in [6, 6.07) is 7.86. The Kier molecular flexibility index (Phi) is 6.37. The first-order chi connectivity index (χ1) is 10.2. The molecule has 1 aromatic rings. The van der Waals surface area contributed by atoms with Crippen molar-refractivity contribution in [3.8, 4) is 5.75 Å². The second-order valence-corrected chi connectivity index (χ2v) is 6.13. The number of carbonyl (C=O) groups excluding carboxylic acids is 1. The van der Waals surface area contributed by atoms with E-state index >= 15 is 0 Å². The van der Waals surface area contributed by atoms with Crippen LogP contribution in [0.5, 0.6) is 5.75 Å². The highest BCUT2D eigenvalue weighted by Crippen LogP contribution is 2.31. The number of halogens is 1. The maximum Gasteiger partial charge on any atom is 0.223 e. The van der Waals surface area contributed by atoms with E-state index in [0.717, 1.165) is 17.9 Å². The highest BCUT2D eigenvalue weighted by atomic mass is 35.5. The first-order valence-corrected chi connectivity index (χ1v) is 8.24. The zero-order chi connectivity index (χ0) is 15.1. The summed E-state index contributed by atoms with van der Waals surface area (Å²) in [5, 5.41) is 3.01. The Morgan fingerprint density at radius 3 is 2.95 bits per heavy atom. The van der Waals surface area contributed by atoms with E-state index in [2.05, 4.69) is 5.32 Å². The fourth-order valence-electron chi connectivity index (χ4n) is 2.89. The summed E-state index contributed by atoms with van der Waals surface area (Å²) < 4.78 is 5.59. The summed E-state index contributed by atoms with van der Waals surface area (Å²) in [4.78, 5) is 11.8. The van der Waals surface area contributed by atoms with Gasteiger partial charge < -0.3 is 10.1 Å². The third kappa shape index (κ3) is 5.24. The van der Waals surface area contributed by atoms with E-state index in [1.807, 2.05) is 31.2 Å². The fraction of sp³-hybridized carbons (Fsp3) is 0.588. The number of hydrogen-bond acceptors (Lipinski definition) is 2. The number of aryl methyl sites for hydroxylation is 1. The molecule has 0 saturated heterocycles. The zero-order valence-corrected chi connectivity index (χ0v) is 13.4. The highest BCUT2D eigenvalue weighted by molar-refractivity contribution is 6.18. The summed E-state index contributed by atoms with van der Waals surface area (Å²) in [6.07, 6.45) is 4.00. The van der Waals surface area contributed by atoms with Gasteiger partial charge in [-0.05, 0) is 49.3 Å². The van der Waals surface area contributed by atoms with Gasteiger partial charge >= 0.3 is 0 Å². The average molecular weight is 310 g/mol. The summed E-state index contributed by atoms with van der Waals surface area (Å²) in [5.41, 5.74) is 1.16. The van der Waals surface area contributed by atoms with Crippen LogP contribution in [0.3, 0.4) is 0 Å². The summed E-state index contributed by atoms with van der Waals surface area (Å²) in [6.45, 7) is 3.19. The molecule has 3 nitrogen and oxygen atoms in total. The molecule has 2 unspecified atom stereocenters. The number of amides is 1. The molecule has 2 rings (SSSR count). The van der Waals surface area contributed by atoms with Gasteiger partial charge in [0.2, 0.25) is 5.91 Å². The molecule has 0 aliphatic heterocycles. The Labute approximate surface area is 132 Å². The summed E-state index contributed by atoms with van der Waals surface area (Å²) in [5.74, 6) is 2.69. The largest absolute Gasteiger partial charge is 0.493 e. The van der Waals surface area contributed by atoms with Crippen molar-refractivity contribution in [2.24, 2.45) is 11.8 Å². The van der Waals surface area contributed by atoms with Crippen LogP contribution in [0.4, 0.5) is 0 Å². The predicted molar refractivity (Wildman–Crippen MR) is 85.9 cm³/mol. The maximum absolute atomic E-state index is 11.8. The number of alkyl halides is 1. The van der Waals surface area contributed by atoms with E-state index in [1.165, 1.54) is 19.3 Å². The first-order valence-electron chi connectivity index (χ1n) is 7.71. The minimum atomic E-state index is 0.0582. The van der Waals surface area contributed by atoms with Gasteiger partial charge in [-0.3, -0.25) is 4.79 Å². The van der Waals surface area contributed by atoms with Gasteiger partial charge in [0, 0.05) is 12.4 Å². The smallest absolute Gasteiger partial charge is 0.223 e. The van der Waals surface area contributed by atoms with Gasteiger partial charge in [-0.25, -0.2) is 0 Å². The second-order valence-electron chi connectivity index (χ2n) is 5.82. The molecule has 4 heteroatoms. The number of rotatable bonds is 7.